The molecule has 0 unspecified atom stereocenters. The molecule has 0 radical (unpaired) electrons. The van der Waals surface area contributed by atoms with Gasteiger partial charge in [0, 0.05) is 11.1 Å². The molecule has 0 heterocycles. The summed E-state index contributed by atoms with van der Waals surface area (Å²) in [4.78, 5) is 20.5. The average Bonchev–Trinajstić information content (AvgIpc) is 2.19. The Morgan fingerprint density at radius 2 is 2.25 bits per heavy atom. The first-order valence-corrected chi connectivity index (χ1v) is 4.59. The first-order valence-electron chi connectivity index (χ1n) is 4.22. The summed E-state index contributed by atoms with van der Waals surface area (Å²) >= 11 is 5.62. The van der Waals surface area contributed by atoms with Crippen LogP contribution in [0.4, 0.5) is 5.69 Å². The smallest absolute Gasteiger partial charge is 0.286 e. The first-order chi connectivity index (χ1) is 7.50. The number of nitrogens with zero attached hydrogens (tertiary/aromatic N) is 1. The second-order valence-corrected chi connectivity index (χ2v) is 3.30. The van der Waals surface area contributed by atoms with Gasteiger partial charge in [-0.15, -0.1) is 0 Å². The predicted molar refractivity (Wildman–Crippen MR) is 58.8 cm³/mol. The first kappa shape index (κ1) is 12.0. The van der Waals surface area contributed by atoms with Crippen molar-refractivity contribution in [1.29, 1.82) is 0 Å². The van der Waals surface area contributed by atoms with Crippen LogP contribution in [0.2, 0.25) is 5.02 Å². The number of halogens is 1. The second kappa shape index (κ2) is 5.14. The highest BCUT2D eigenvalue weighted by molar-refractivity contribution is 6.30. The van der Waals surface area contributed by atoms with E-state index in [0.29, 0.717) is 0 Å². The summed E-state index contributed by atoms with van der Waals surface area (Å²) < 4.78 is 0. The number of nitro groups is 1. The van der Waals surface area contributed by atoms with Gasteiger partial charge in [-0.1, -0.05) is 23.4 Å². The van der Waals surface area contributed by atoms with Gasteiger partial charge in [0.15, 0.2) is 0 Å². The summed E-state index contributed by atoms with van der Waals surface area (Å²) in [5.41, 5.74) is 4.90. The van der Waals surface area contributed by atoms with Gasteiger partial charge in [0.2, 0.25) is 5.91 Å². The zero-order valence-electron chi connectivity index (χ0n) is 8.07. The van der Waals surface area contributed by atoms with Gasteiger partial charge in [0.05, 0.1) is 11.3 Å². The van der Waals surface area contributed by atoms with Gasteiger partial charge in [-0.3, -0.25) is 14.9 Å². The summed E-state index contributed by atoms with van der Waals surface area (Å²) in [6.07, 6.45) is -0.139. The van der Waals surface area contributed by atoms with E-state index in [0.717, 1.165) is 0 Å². The molecule has 0 bridgehead atoms. The molecule has 0 aliphatic rings. The minimum Gasteiger partial charge on any atom is -0.369 e. The van der Waals surface area contributed by atoms with E-state index in [1.165, 1.54) is 18.2 Å². The quantitative estimate of drug-likeness (QED) is 0.481. The third kappa shape index (κ3) is 3.26. The molecule has 0 fully saturated rings. The van der Waals surface area contributed by atoms with Gasteiger partial charge in [0.1, 0.15) is 5.56 Å². The van der Waals surface area contributed by atoms with Gasteiger partial charge >= 0.3 is 0 Å². The van der Waals surface area contributed by atoms with Gasteiger partial charge < -0.3 is 5.73 Å². The number of amides is 1. The number of benzene rings is 1. The molecule has 1 rings (SSSR count). The Labute approximate surface area is 96.3 Å². The molecule has 1 aromatic carbocycles. The molecule has 0 aliphatic heterocycles. The Morgan fingerprint density at radius 3 is 2.81 bits per heavy atom. The Balaban J connectivity index is 3.07. The van der Waals surface area contributed by atoms with Crippen LogP contribution >= 0.6 is 11.6 Å². The van der Waals surface area contributed by atoms with Crippen LogP contribution in [0.5, 0.6) is 0 Å². The van der Waals surface area contributed by atoms with Crippen LogP contribution in [-0.2, 0) is 4.79 Å². The SMILES string of the molecule is NC(=O)CC#Cc1ccc(Cl)cc1[N+](=O)[O-]. The molecular weight excluding hydrogens is 232 g/mol. The number of carbonyl (C=O) groups is 1. The zero-order chi connectivity index (χ0) is 12.1. The van der Waals surface area contributed by atoms with Crippen molar-refractivity contribution in [3.63, 3.8) is 0 Å². The van der Waals surface area contributed by atoms with Crippen molar-refractivity contribution in [2.45, 2.75) is 6.42 Å². The lowest BCUT2D eigenvalue weighted by Gasteiger charge is -1.95. The lowest BCUT2D eigenvalue weighted by Crippen LogP contribution is -2.08. The van der Waals surface area contributed by atoms with Crippen molar-refractivity contribution in [2.75, 3.05) is 0 Å². The summed E-state index contributed by atoms with van der Waals surface area (Å²) in [6.45, 7) is 0. The number of nitrogens with two attached hydrogens (primary N) is 1. The highest BCUT2D eigenvalue weighted by Gasteiger charge is 2.12. The number of primary amides is 1. The van der Waals surface area contributed by atoms with E-state index in [2.05, 4.69) is 11.8 Å². The maximum absolute atomic E-state index is 10.7. The van der Waals surface area contributed by atoms with E-state index >= 15 is 0 Å². The molecular formula is C10H7ClN2O3. The van der Waals surface area contributed by atoms with Crippen molar-refractivity contribution in [3.8, 4) is 11.8 Å². The Hall–Kier alpha value is -2.06. The minimum absolute atomic E-state index is 0.139. The van der Waals surface area contributed by atoms with Crippen molar-refractivity contribution in [3.05, 3.63) is 38.9 Å². The van der Waals surface area contributed by atoms with E-state index in [1.807, 2.05) is 0 Å². The van der Waals surface area contributed by atoms with Crippen LogP contribution in [-0.4, -0.2) is 10.8 Å². The maximum atomic E-state index is 10.7. The molecule has 0 aliphatic carbocycles. The van der Waals surface area contributed by atoms with Crippen LogP contribution in [0.1, 0.15) is 12.0 Å². The summed E-state index contributed by atoms with van der Waals surface area (Å²) in [6, 6.07) is 4.12. The van der Waals surface area contributed by atoms with Gasteiger partial charge in [0.25, 0.3) is 5.69 Å². The standard InChI is InChI=1S/C10H7ClN2O3/c11-8-5-4-7(2-1-3-10(12)14)9(6-8)13(15)16/h4-6H,3H2,(H2,12,14). The van der Waals surface area contributed by atoms with Crippen LogP contribution < -0.4 is 5.73 Å². The van der Waals surface area contributed by atoms with Crippen molar-refractivity contribution < 1.29 is 9.72 Å². The van der Waals surface area contributed by atoms with Gasteiger partial charge in [-0.05, 0) is 12.1 Å². The summed E-state index contributed by atoms with van der Waals surface area (Å²) in [7, 11) is 0. The molecule has 0 saturated carbocycles. The molecule has 82 valence electrons. The molecule has 5 nitrogen and oxygen atoms in total. The normalized spacial score (nSPS) is 9.06. The highest BCUT2D eigenvalue weighted by atomic mass is 35.5. The number of hydrogen-bond donors (Lipinski definition) is 1. The zero-order valence-corrected chi connectivity index (χ0v) is 8.82. The van der Waals surface area contributed by atoms with E-state index in [4.69, 9.17) is 17.3 Å². The molecule has 1 amide bonds. The number of hydrogen-bond acceptors (Lipinski definition) is 3. The maximum Gasteiger partial charge on any atom is 0.286 e. The van der Waals surface area contributed by atoms with Gasteiger partial charge in [-0.2, -0.15) is 0 Å². The van der Waals surface area contributed by atoms with E-state index < -0.39 is 10.8 Å². The van der Waals surface area contributed by atoms with Crippen LogP contribution in [0.25, 0.3) is 0 Å². The van der Waals surface area contributed by atoms with Crippen LogP contribution in [0.3, 0.4) is 0 Å². The van der Waals surface area contributed by atoms with E-state index in [9.17, 15) is 14.9 Å². The van der Waals surface area contributed by atoms with Crippen molar-refractivity contribution in [2.24, 2.45) is 5.73 Å². The Bertz CT molecular complexity index is 503. The average molecular weight is 239 g/mol. The fraction of sp³-hybridized carbons (Fsp3) is 0.100. The van der Waals surface area contributed by atoms with Gasteiger partial charge in [-0.25, -0.2) is 0 Å². The molecule has 0 saturated heterocycles. The van der Waals surface area contributed by atoms with Crippen molar-refractivity contribution in [1.82, 2.24) is 0 Å². The van der Waals surface area contributed by atoms with Crippen LogP contribution in [0, 0.1) is 22.0 Å². The summed E-state index contributed by atoms with van der Waals surface area (Å²) in [5.74, 6) is 4.37. The number of rotatable bonds is 2. The Kier molecular flexibility index (Phi) is 3.86. The monoisotopic (exact) mass is 238 g/mol. The number of carbonyl (C=O) groups excluding carboxylic acids is 1. The predicted octanol–water partition coefficient (Wildman–Crippen LogP) is 1.48. The lowest BCUT2D eigenvalue weighted by molar-refractivity contribution is -0.385. The summed E-state index contributed by atoms with van der Waals surface area (Å²) in [5, 5.41) is 10.9. The molecule has 2 N–H and O–H groups in total. The molecule has 1 aromatic rings. The van der Waals surface area contributed by atoms with Crippen LogP contribution in [0.15, 0.2) is 18.2 Å². The molecule has 6 heteroatoms. The van der Waals surface area contributed by atoms with E-state index in [-0.39, 0.29) is 22.7 Å². The highest BCUT2D eigenvalue weighted by Crippen LogP contribution is 2.22. The third-order valence-corrected chi connectivity index (χ3v) is 1.88. The second-order valence-electron chi connectivity index (χ2n) is 2.86. The molecule has 16 heavy (non-hydrogen) atoms. The number of nitro benzene ring substituents is 1. The topological polar surface area (TPSA) is 86.2 Å². The van der Waals surface area contributed by atoms with E-state index in [1.54, 1.807) is 0 Å². The molecule has 0 aromatic heterocycles. The molecule has 0 atom stereocenters. The third-order valence-electron chi connectivity index (χ3n) is 1.64. The van der Waals surface area contributed by atoms with Crippen molar-refractivity contribution >= 4 is 23.2 Å². The largest absolute Gasteiger partial charge is 0.369 e. The molecule has 0 spiro atoms. The lowest BCUT2D eigenvalue weighted by atomic mass is 10.2. The Morgan fingerprint density at radius 1 is 1.56 bits per heavy atom. The fourth-order valence-electron chi connectivity index (χ4n) is 0.988. The minimum atomic E-state index is -0.583. The fourth-order valence-corrected chi connectivity index (χ4v) is 1.15.